The number of halogens is 3. The van der Waals surface area contributed by atoms with Gasteiger partial charge in [-0.25, -0.2) is 9.18 Å². The van der Waals surface area contributed by atoms with Gasteiger partial charge in [0.05, 0.1) is 6.61 Å². The normalized spacial score (nSPS) is 14.9. The number of aliphatic hydroxyl groups is 1. The SMILES string of the molecule is CCOC(=O)C(F)(F)C(C)(O)c1ccc(C)c(F)c1. The van der Waals surface area contributed by atoms with Crippen molar-refractivity contribution in [1.29, 1.82) is 0 Å². The number of carbonyl (C=O) groups excluding carboxylic acids is 1. The Morgan fingerprint density at radius 1 is 1.42 bits per heavy atom. The number of alkyl halides is 2. The lowest BCUT2D eigenvalue weighted by atomic mass is 9.88. The summed E-state index contributed by atoms with van der Waals surface area (Å²) in [4.78, 5) is 11.2. The highest BCUT2D eigenvalue weighted by Gasteiger charge is 2.57. The van der Waals surface area contributed by atoms with E-state index < -0.39 is 28.9 Å². The number of esters is 1. The van der Waals surface area contributed by atoms with Gasteiger partial charge in [0.1, 0.15) is 5.82 Å². The van der Waals surface area contributed by atoms with Crippen molar-refractivity contribution in [2.45, 2.75) is 32.3 Å². The van der Waals surface area contributed by atoms with Crippen LogP contribution in [0.1, 0.15) is 25.0 Å². The maximum atomic E-state index is 13.9. The van der Waals surface area contributed by atoms with E-state index in [1.54, 1.807) is 0 Å². The Kier molecular flexibility index (Phi) is 4.25. The summed E-state index contributed by atoms with van der Waals surface area (Å²) in [7, 11) is 0. The molecule has 1 N–H and O–H groups in total. The third-order valence-corrected chi connectivity index (χ3v) is 2.88. The van der Waals surface area contributed by atoms with Crippen molar-refractivity contribution in [3.63, 3.8) is 0 Å². The molecule has 1 atom stereocenters. The van der Waals surface area contributed by atoms with Gasteiger partial charge < -0.3 is 9.84 Å². The zero-order valence-electron chi connectivity index (χ0n) is 10.8. The summed E-state index contributed by atoms with van der Waals surface area (Å²) in [6, 6.07) is 3.17. The first-order valence-corrected chi connectivity index (χ1v) is 5.68. The van der Waals surface area contributed by atoms with Gasteiger partial charge in [0, 0.05) is 0 Å². The summed E-state index contributed by atoms with van der Waals surface area (Å²) in [5, 5.41) is 9.91. The highest BCUT2D eigenvalue weighted by Crippen LogP contribution is 2.38. The third-order valence-electron chi connectivity index (χ3n) is 2.88. The van der Waals surface area contributed by atoms with E-state index in [1.807, 2.05) is 0 Å². The number of carbonyl (C=O) groups is 1. The highest BCUT2D eigenvalue weighted by atomic mass is 19.3. The van der Waals surface area contributed by atoms with Crippen LogP contribution < -0.4 is 0 Å². The van der Waals surface area contributed by atoms with Gasteiger partial charge in [-0.2, -0.15) is 8.78 Å². The van der Waals surface area contributed by atoms with Crippen LogP contribution in [0.2, 0.25) is 0 Å². The minimum absolute atomic E-state index is 0.243. The Bertz CT molecular complexity index is 484. The van der Waals surface area contributed by atoms with Crippen LogP contribution in [0, 0.1) is 12.7 Å². The lowest BCUT2D eigenvalue weighted by molar-refractivity contribution is -0.212. The first-order chi connectivity index (χ1) is 8.64. The summed E-state index contributed by atoms with van der Waals surface area (Å²) >= 11 is 0. The first-order valence-electron chi connectivity index (χ1n) is 5.68. The van der Waals surface area contributed by atoms with Crippen molar-refractivity contribution in [2.75, 3.05) is 6.61 Å². The molecule has 0 aromatic heterocycles. The lowest BCUT2D eigenvalue weighted by Crippen LogP contribution is -2.49. The molecular formula is C13H15F3O3. The van der Waals surface area contributed by atoms with Crippen molar-refractivity contribution in [1.82, 2.24) is 0 Å². The molecule has 0 aliphatic carbocycles. The minimum atomic E-state index is -4.18. The van der Waals surface area contributed by atoms with E-state index in [2.05, 4.69) is 4.74 Å². The van der Waals surface area contributed by atoms with Crippen molar-refractivity contribution in [2.24, 2.45) is 0 Å². The summed E-state index contributed by atoms with van der Waals surface area (Å²) in [5.74, 6) is -6.76. The molecule has 0 aliphatic heterocycles. The zero-order chi connectivity index (χ0) is 14.8. The molecule has 0 fully saturated rings. The van der Waals surface area contributed by atoms with Gasteiger partial charge in [0.15, 0.2) is 5.60 Å². The van der Waals surface area contributed by atoms with E-state index in [4.69, 9.17) is 0 Å². The minimum Gasteiger partial charge on any atom is -0.461 e. The topological polar surface area (TPSA) is 46.5 Å². The number of aryl methyl sites for hydroxylation is 1. The molecule has 0 heterocycles. The van der Waals surface area contributed by atoms with Gasteiger partial charge in [-0.1, -0.05) is 12.1 Å². The van der Waals surface area contributed by atoms with Crippen LogP contribution in [0.4, 0.5) is 13.2 Å². The smallest absolute Gasteiger partial charge is 0.380 e. The third kappa shape index (κ3) is 2.73. The molecule has 0 bridgehead atoms. The van der Waals surface area contributed by atoms with Crippen LogP contribution in [0.3, 0.4) is 0 Å². The second-order valence-electron chi connectivity index (χ2n) is 4.33. The molecular weight excluding hydrogens is 261 g/mol. The number of hydrogen-bond acceptors (Lipinski definition) is 3. The molecule has 0 saturated carbocycles. The fraction of sp³-hybridized carbons (Fsp3) is 0.462. The largest absolute Gasteiger partial charge is 0.461 e. The van der Waals surface area contributed by atoms with Crippen molar-refractivity contribution >= 4 is 5.97 Å². The lowest BCUT2D eigenvalue weighted by Gasteiger charge is -2.31. The number of benzene rings is 1. The molecule has 1 aromatic rings. The molecule has 1 aromatic carbocycles. The van der Waals surface area contributed by atoms with E-state index in [0.29, 0.717) is 0 Å². The van der Waals surface area contributed by atoms with E-state index in [9.17, 15) is 23.1 Å². The van der Waals surface area contributed by atoms with Gasteiger partial charge >= 0.3 is 11.9 Å². The predicted octanol–water partition coefficient (Wildman–Crippen LogP) is 2.54. The Morgan fingerprint density at radius 2 is 2.00 bits per heavy atom. The van der Waals surface area contributed by atoms with E-state index in [1.165, 1.54) is 19.9 Å². The molecule has 3 nitrogen and oxygen atoms in total. The van der Waals surface area contributed by atoms with Crippen LogP contribution in [-0.2, 0) is 15.1 Å². The summed E-state index contributed by atoms with van der Waals surface area (Å²) in [5.41, 5.74) is -3.00. The molecule has 6 heteroatoms. The van der Waals surface area contributed by atoms with Gasteiger partial charge in [-0.15, -0.1) is 0 Å². The number of rotatable bonds is 4. The van der Waals surface area contributed by atoms with Crippen LogP contribution in [-0.4, -0.2) is 23.6 Å². The monoisotopic (exact) mass is 276 g/mol. The zero-order valence-corrected chi connectivity index (χ0v) is 10.8. The van der Waals surface area contributed by atoms with Gasteiger partial charge in [0.2, 0.25) is 0 Å². The summed E-state index contributed by atoms with van der Waals surface area (Å²) in [6.45, 7) is 3.33. The van der Waals surface area contributed by atoms with E-state index in [0.717, 1.165) is 19.1 Å². The van der Waals surface area contributed by atoms with Crippen LogP contribution >= 0.6 is 0 Å². The van der Waals surface area contributed by atoms with E-state index in [-0.39, 0.29) is 12.2 Å². The van der Waals surface area contributed by atoms with Crippen molar-refractivity contribution < 1.29 is 27.8 Å². The van der Waals surface area contributed by atoms with Gasteiger partial charge in [0.25, 0.3) is 0 Å². The van der Waals surface area contributed by atoms with Crippen LogP contribution in [0.5, 0.6) is 0 Å². The van der Waals surface area contributed by atoms with Crippen molar-refractivity contribution in [3.8, 4) is 0 Å². The average molecular weight is 276 g/mol. The highest BCUT2D eigenvalue weighted by molar-refractivity contribution is 5.79. The van der Waals surface area contributed by atoms with Crippen LogP contribution in [0.15, 0.2) is 18.2 Å². The average Bonchev–Trinajstić information content (AvgIpc) is 2.32. The van der Waals surface area contributed by atoms with Crippen LogP contribution in [0.25, 0.3) is 0 Å². The fourth-order valence-corrected chi connectivity index (χ4v) is 1.50. The molecule has 0 spiro atoms. The molecule has 19 heavy (non-hydrogen) atoms. The maximum Gasteiger partial charge on any atom is 0.380 e. The first kappa shape index (κ1) is 15.5. The molecule has 1 unspecified atom stereocenters. The predicted molar refractivity (Wildman–Crippen MR) is 62.3 cm³/mol. The second-order valence-corrected chi connectivity index (χ2v) is 4.33. The second kappa shape index (κ2) is 5.21. The quantitative estimate of drug-likeness (QED) is 0.860. The summed E-state index contributed by atoms with van der Waals surface area (Å²) < 4.78 is 45.3. The van der Waals surface area contributed by atoms with Gasteiger partial charge in [-0.3, -0.25) is 0 Å². The number of ether oxygens (including phenoxy) is 1. The Morgan fingerprint density at radius 3 is 2.47 bits per heavy atom. The van der Waals surface area contributed by atoms with Crippen molar-refractivity contribution in [3.05, 3.63) is 35.1 Å². The maximum absolute atomic E-state index is 13.9. The standard InChI is InChI=1S/C13H15F3O3/c1-4-19-11(17)13(15,16)12(3,18)9-6-5-8(2)10(14)7-9/h5-7,18H,4H2,1-3H3. The van der Waals surface area contributed by atoms with Gasteiger partial charge in [-0.05, 0) is 38.0 Å². The molecule has 0 radical (unpaired) electrons. The Labute approximate surface area is 109 Å². The molecule has 0 aliphatic rings. The fourth-order valence-electron chi connectivity index (χ4n) is 1.50. The summed E-state index contributed by atoms with van der Waals surface area (Å²) in [6.07, 6.45) is 0. The molecule has 106 valence electrons. The molecule has 0 amide bonds. The number of hydrogen-bond donors (Lipinski definition) is 1. The molecule has 0 saturated heterocycles. The Hall–Kier alpha value is -1.56. The van der Waals surface area contributed by atoms with E-state index >= 15 is 0 Å². The molecule has 1 rings (SSSR count). The Balaban J connectivity index is 3.21.